The normalized spacial score (nSPS) is 11.6. The first kappa shape index (κ1) is 17.2. The third kappa shape index (κ3) is 4.19. The van der Waals surface area contributed by atoms with E-state index >= 15 is 0 Å². The van der Waals surface area contributed by atoms with Gasteiger partial charge in [-0.2, -0.15) is 13.5 Å². The molecule has 0 atom stereocenters. The SMILES string of the molecule is O=[N+]([O-])c1cccc(S(=O)(=O)N/N=C/c2cccc(Cl)c2Cl)c1. The number of nitro benzene ring substituents is 1. The summed E-state index contributed by atoms with van der Waals surface area (Å²) in [5.74, 6) is 0. The van der Waals surface area contributed by atoms with E-state index in [1.54, 1.807) is 18.2 Å². The van der Waals surface area contributed by atoms with Crippen molar-refractivity contribution in [1.82, 2.24) is 4.83 Å². The van der Waals surface area contributed by atoms with Crippen LogP contribution in [0.3, 0.4) is 0 Å². The van der Waals surface area contributed by atoms with Gasteiger partial charge in [0.2, 0.25) is 0 Å². The summed E-state index contributed by atoms with van der Waals surface area (Å²) in [4.78, 5) is 11.7. The number of rotatable bonds is 5. The molecule has 0 saturated carbocycles. The third-order valence-electron chi connectivity index (χ3n) is 2.70. The Balaban J connectivity index is 2.22. The average Bonchev–Trinajstić information content (AvgIpc) is 2.51. The lowest BCUT2D eigenvalue weighted by Gasteiger charge is -2.03. The van der Waals surface area contributed by atoms with E-state index in [2.05, 4.69) is 5.10 Å². The second kappa shape index (κ2) is 6.95. The van der Waals surface area contributed by atoms with Crippen molar-refractivity contribution in [3.8, 4) is 0 Å². The van der Waals surface area contributed by atoms with Gasteiger partial charge in [-0.1, -0.05) is 41.4 Å². The van der Waals surface area contributed by atoms with Crippen molar-refractivity contribution in [1.29, 1.82) is 0 Å². The monoisotopic (exact) mass is 373 g/mol. The fourth-order valence-corrected chi connectivity index (χ4v) is 2.79. The van der Waals surface area contributed by atoms with Gasteiger partial charge in [0, 0.05) is 17.7 Å². The number of nitrogens with one attached hydrogen (secondary N) is 1. The lowest BCUT2D eigenvalue weighted by atomic mass is 10.2. The summed E-state index contributed by atoms with van der Waals surface area (Å²) in [7, 11) is -4.04. The molecule has 2 rings (SSSR count). The quantitative estimate of drug-likeness (QED) is 0.493. The summed E-state index contributed by atoms with van der Waals surface area (Å²) in [5, 5.41) is 14.8. The van der Waals surface area contributed by atoms with Gasteiger partial charge in [0.05, 0.1) is 26.1 Å². The van der Waals surface area contributed by atoms with Crippen LogP contribution in [0.1, 0.15) is 5.56 Å². The number of hydrogen-bond donors (Lipinski definition) is 1. The summed E-state index contributed by atoms with van der Waals surface area (Å²) in [6, 6.07) is 9.41. The van der Waals surface area contributed by atoms with Crippen LogP contribution in [0, 0.1) is 10.1 Å². The van der Waals surface area contributed by atoms with Gasteiger partial charge < -0.3 is 0 Å². The predicted molar refractivity (Wildman–Crippen MR) is 87.5 cm³/mol. The van der Waals surface area contributed by atoms with Crippen LogP contribution in [0.25, 0.3) is 0 Å². The van der Waals surface area contributed by atoms with Gasteiger partial charge in [0.15, 0.2) is 0 Å². The molecule has 10 heteroatoms. The van der Waals surface area contributed by atoms with Gasteiger partial charge in [-0.05, 0) is 12.1 Å². The molecule has 120 valence electrons. The Morgan fingerprint density at radius 1 is 1.17 bits per heavy atom. The van der Waals surface area contributed by atoms with Crippen LogP contribution in [-0.4, -0.2) is 19.6 Å². The van der Waals surface area contributed by atoms with E-state index in [0.717, 1.165) is 6.07 Å². The summed E-state index contributed by atoms with van der Waals surface area (Å²) in [6.07, 6.45) is 1.18. The number of hydrogen-bond acceptors (Lipinski definition) is 5. The van der Waals surface area contributed by atoms with E-state index in [0.29, 0.717) is 10.6 Å². The minimum Gasteiger partial charge on any atom is -0.258 e. The Hall–Kier alpha value is -2.16. The molecular formula is C13H9Cl2N3O4S. The number of benzene rings is 2. The Morgan fingerprint density at radius 3 is 2.57 bits per heavy atom. The molecule has 1 N–H and O–H groups in total. The Kier molecular flexibility index (Phi) is 5.19. The van der Waals surface area contributed by atoms with Crippen LogP contribution >= 0.6 is 23.2 Å². The zero-order valence-corrected chi connectivity index (χ0v) is 13.6. The highest BCUT2D eigenvalue weighted by atomic mass is 35.5. The highest BCUT2D eigenvalue weighted by molar-refractivity contribution is 7.89. The van der Waals surface area contributed by atoms with Gasteiger partial charge in [-0.3, -0.25) is 10.1 Å². The topological polar surface area (TPSA) is 102 Å². The molecule has 0 radical (unpaired) electrons. The second-order valence-corrected chi connectivity index (χ2v) is 6.70. The fourth-order valence-electron chi connectivity index (χ4n) is 1.60. The molecule has 0 aliphatic carbocycles. The molecule has 0 bridgehead atoms. The number of nitro groups is 1. The van der Waals surface area contributed by atoms with Crippen LogP contribution in [-0.2, 0) is 10.0 Å². The van der Waals surface area contributed by atoms with Crippen molar-refractivity contribution in [3.05, 3.63) is 68.2 Å². The first-order valence-electron chi connectivity index (χ1n) is 6.04. The van der Waals surface area contributed by atoms with Crippen LogP contribution in [0.4, 0.5) is 5.69 Å². The van der Waals surface area contributed by atoms with Gasteiger partial charge >= 0.3 is 0 Å². The standard InChI is InChI=1S/C13H9Cl2N3O4S/c14-12-6-1-3-9(13(12)15)8-16-17-23(21,22)11-5-2-4-10(7-11)18(19)20/h1-8,17H/b16-8+. The number of non-ortho nitro benzene ring substituents is 1. The summed E-state index contributed by atoms with van der Waals surface area (Å²) in [5.41, 5.74) is 0.0793. The molecular weight excluding hydrogens is 365 g/mol. The van der Waals surface area contributed by atoms with Crippen molar-refractivity contribution in [3.63, 3.8) is 0 Å². The summed E-state index contributed by atoms with van der Waals surface area (Å²) >= 11 is 11.8. The molecule has 0 saturated heterocycles. The molecule has 2 aromatic rings. The van der Waals surface area contributed by atoms with Gasteiger partial charge in [0.25, 0.3) is 15.7 Å². The Labute approximate surface area is 141 Å². The predicted octanol–water partition coefficient (Wildman–Crippen LogP) is 3.21. The molecule has 0 amide bonds. The molecule has 0 fully saturated rings. The maximum atomic E-state index is 12.0. The van der Waals surface area contributed by atoms with Gasteiger partial charge in [-0.25, -0.2) is 4.83 Å². The number of hydrazone groups is 1. The molecule has 0 heterocycles. The minimum atomic E-state index is -4.04. The van der Waals surface area contributed by atoms with Crippen LogP contribution in [0.5, 0.6) is 0 Å². The summed E-state index contributed by atoms with van der Waals surface area (Å²) < 4.78 is 24.1. The molecule has 23 heavy (non-hydrogen) atoms. The summed E-state index contributed by atoms with van der Waals surface area (Å²) in [6.45, 7) is 0. The zero-order chi connectivity index (χ0) is 17.0. The minimum absolute atomic E-state index is 0.229. The Bertz CT molecular complexity index is 885. The highest BCUT2D eigenvalue weighted by Gasteiger charge is 2.16. The lowest BCUT2D eigenvalue weighted by Crippen LogP contribution is -2.18. The van der Waals surface area contributed by atoms with E-state index < -0.39 is 14.9 Å². The van der Waals surface area contributed by atoms with Crippen LogP contribution in [0.15, 0.2) is 52.5 Å². The number of halogens is 2. The third-order valence-corrected chi connectivity index (χ3v) is 4.75. The lowest BCUT2D eigenvalue weighted by molar-refractivity contribution is -0.385. The molecule has 7 nitrogen and oxygen atoms in total. The maximum absolute atomic E-state index is 12.0. The molecule has 2 aromatic carbocycles. The van der Waals surface area contributed by atoms with Gasteiger partial charge in [0.1, 0.15) is 0 Å². The molecule has 0 aliphatic rings. The first-order chi connectivity index (χ1) is 10.8. The molecule has 0 spiro atoms. The fraction of sp³-hybridized carbons (Fsp3) is 0. The van der Waals surface area contributed by atoms with Crippen molar-refractivity contribution >= 4 is 45.1 Å². The molecule has 0 aromatic heterocycles. The van der Waals surface area contributed by atoms with E-state index in [9.17, 15) is 18.5 Å². The van der Waals surface area contributed by atoms with Crippen molar-refractivity contribution < 1.29 is 13.3 Å². The van der Waals surface area contributed by atoms with Crippen molar-refractivity contribution in [2.75, 3.05) is 0 Å². The maximum Gasteiger partial charge on any atom is 0.276 e. The second-order valence-electron chi connectivity index (χ2n) is 4.25. The van der Waals surface area contributed by atoms with Crippen LogP contribution < -0.4 is 4.83 Å². The zero-order valence-electron chi connectivity index (χ0n) is 11.3. The molecule has 0 unspecified atom stereocenters. The highest BCUT2D eigenvalue weighted by Crippen LogP contribution is 2.24. The van der Waals surface area contributed by atoms with Gasteiger partial charge in [-0.15, -0.1) is 0 Å². The first-order valence-corrected chi connectivity index (χ1v) is 8.28. The largest absolute Gasteiger partial charge is 0.276 e. The Morgan fingerprint density at radius 2 is 1.87 bits per heavy atom. The number of sulfonamides is 1. The van der Waals surface area contributed by atoms with E-state index in [-0.39, 0.29) is 15.6 Å². The van der Waals surface area contributed by atoms with E-state index in [1.807, 2.05) is 4.83 Å². The smallest absolute Gasteiger partial charge is 0.258 e. The van der Waals surface area contributed by atoms with E-state index in [1.165, 1.54) is 24.4 Å². The average molecular weight is 374 g/mol. The van der Waals surface area contributed by atoms with E-state index in [4.69, 9.17) is 23.2 Å². The van der Waals surface area contributed by atoms with Crippen molar-refractivity contribution in [2.24, 2.45) is 5.10 Å². The van der Waals surface area contributed by atoms with Crippen LogP contribution in [0.2, 0.25) is 10.0 Å². The molecule has 0 aliphatic heterocycles. The number of nitrogens with zero attached hydrogens (tertiary/aromatic N) is 2. The van der Waals surface area contributed by atoms with Crippen molar-refractivity contribution in [2.45, 2.75) is 4.90 Å².